The Bertz CT molecular complexity index is 2710. The number of nitrogens with one attached hydrogen (secondary N) is 9. The average molecular weight is 990 g/mol. The summed E-state index contributed by atoms with van der Waals surface area (Å²) < 4.78 is 22.6. The smallest absolute Gasteiger partial charge is 0.358 e. The molecule has 0 saturated heterocycles. The number of carbonyl (C=O) groups is 4. The fourth-order valence-corrected chi connectivity index (χ4v) is 7.45. The van der Waals surface area contributed by atoms with Crippen molar-refractivity contribution in [1.82, 2.24) is 0 Å². The second-order valence-electron chi connectivity index (χ2n) is 15.8. The first-order valence-corrected chi connectivity index (χ1v) is 22.1. The van der Waals surface area contributed by atoms with Gasteiger partial charge in [-0.2, -0.15) is 0 Å². The van der Waals surface area contributed by atoms with Crippen LogP contribution < -0.4 is 9.47 Å². The van der Waals surface area contributed by atoms with Crippen LogP contribution in [0.1, 0.15) is 77.8 Å². The zero-order valence-corrected chi connectivity index (χ0v) is 39.5. The Morgan fingerprint density at radius 1 is 0.529 bits per heavy atom. The number of aliphatic imine (C=N–C) groups is 1. The molecule has 0 radical (unpaired) electrons. The van der Waals surface area contributed by atoms with Crippen LogP contribution in [-0.2, 0) is 19.1 Å². The van der Waals surface area contributed by atoms with Gasteiger partial charge in [-0.3, -0.25) is 25.4 Å². The minimum absolute atomic E-state index is 0.0254. The molecule has 18 nitrogen and oxygen atoms in total. The van der Waals surface area contributed by atoms with E-state index in [1.807, 2.05) is 0 Å². The predicted molar refractivity (Wildman–Crippen MR) is 270 cm³/mol. The Hall–Kier alpha value is -7.96. The van der Waals surface area contributed by atoms with E-state index in [0.29, 0.717) is 71.1 Å². The molecular formula is C50H50Cl2N10O8. The van der Waals surface area contributed by atoms with Gasteiger partial charge in [0.15, 0.2) is 11.6 Å². The van der Waals surface area contributed by atoms with Gasteiger partial charge >= 0.3 is 11.9 Å². The molecule has 0 bridgehead atoms. The van der Waals surface area contributed by atoms with Gasteiger partial charge in [0, 0.05) is 57.5 Å². The molecule has 362 valence electrons. The number of nitrogens with zero attached hydrogens (tertiary/aromatic N) is 1. The van der Waals surface area contributed by atoms with Crippen molar-refractivity contribution in [3.8, 4) is 11.5 Å². The molecular weight excluding hydrogens is 940 g/mol. The highest BCUT2D eigenvalue weighted by molar-refractivity contribution is 6.45. The molecule has 0 aliphatic rings. The highest BCUT2D eigenvalue weighted by atomic mass is 35.5. The van der Waals surface area contributed by atoms with Crippen LogP contribution in [0.5, 0.6) is 11.5 Å². The number of carbonyl (C=O) groups excluding carboxylic acids is 4. The molecule has 0 fully saturated rings. The fraction of sp³-hybridized carbons (Fsp3) is 0.240. The maximum Gasteiger partial charge on any atom is 0.358 e. The van der Waals surface area contributed by atoms with E-state index < -0.39 is 52.5 Å². The first-order valence-electron chi connectivity index (χ1n) is 21.4. The molecule has 70 heavy (non-hydrogen) atoms. The summed E-state index contributed by atoms with van der Waals surface area (Å²) >= 11 is 11.9. The van der Waals surface area contributed by atoms with Crippen molar-refractivity contribution in [2.75, 3.05) is 6.54 Å². The minimum atomic E-state index is -2.25. The van der Waals surface area contributed by atoms with E-state index >= 15 is 0 Å². The molecule has 0 heterocycles. The summed E-state index contributed by atoms with van der Waals surface area (Å²) in [6.07, 6.45) is 5.12. The van der Waals surface area contributed by atoms with E-state index in [4.69, 9.17) is 90.8 Å². The molecule has 0 saturated carbocycles. The van der Waals surface area contributed by atoms with Crippen LogP contribution in [0.3, 0.4) is 0 Å². The summed E-state index contributed by atoms with van der Waals surface area (Å²) in [5.74, 6) is -7.04. The maximum absolute atomic E-state index is 13.8. The van der Waals surface area contributed by atoms with Crippen molar-refractivity contribution in [1.29, 1.82) is 48.7 Å². The SMILES string of the molecule is CC(Oc1ccc(C(=O)c2ccc(Cl)cc2)cc1)(C(=O)OC(=N)C=N)C(CCCCCCN=C(C=N)C(C(=N)C=N)C(C)(Oc1ccc(C(=O)c2ccc(Cl)cc2)cc1)C(=O)OC(=N)C=N)C(=N)C=N. The summed E-state index contributed by atoms with van der Waals surface area (Å²) in [5, 5.41) is 72.9. The largest absolute Gasteiger partial charge is 0.475 e. The molecule has 4 rings (SSSR count). The number of esters is 2. The van der Waals surface area contributed by atoms with Gasteiger partial charge in [-0.15, -0.1) is 0 Å². The lowest BCUT2D eigenvalue weighted by atomic mass is 9.81. The first kappa shape index (κ1) is 54.6. The number of hydrogen-bond donors (Lipinski definition) is 9. The van der Waals surface area contributed by atoms with Gasteiger partial charge in [-0.1, -0.05) is 42.5 Å². The Labute approximate surface area is 413 Å². The normalized spacial score (nSPS) is 13.6. The van der Waals surface area contributed by atoms with Crippen LogP contribution in [0.25, 0.3) is 0 Å². The van der Waals surface area contributed by atoms with Gasteiger partial charge in [0.1, 0.15) is 11.5 Å². The average Bonchev–Trinajstić information content (AvgIpc) is 3.36. The predicted octanol–water partition coefficient (Wildman–Crippen LogP) is 9.38. The molecule has 0 aliphatic carbocycles. The zero-order chi connectivity index (χ0) is 51.6. The van der Waals surface area contributed by atoms with E-state index in [2.05, 4.69) is 4.99 Å². The summed E-state index contributed by atoms with van der Waals surface area (Å²) in [6, 6.07) is 24.2. The Kier molecular flexibility index (Phi) is 19.8. The zero-order valence-electron chi connectivity index (χ0n) is 38.0. The van der Waals surface area contributed by atoms with E-state index in [1.165, 1.54) is 62.4 Å². The molecule has 4 atom stereocenters. The van der Waals surface area contributed by atoms with Gasteiger partial charge in [0.2, 0.25) is 23.0 Å². The Balaban J connectivity index is 1.51. The van der Waals surface area contributed by atoms with Crippen LogP contribution in [-0.4, -0.2) is 101 Å². The summed E-state index contributed by atoms with van der Waals surface area (Å²) in [5.41, 5.74) is -3.82. The van der Waals surface area contributed by atoms with Gasteiger partial charge < -0.3 is 56.8 Å². The lowest BCUT2D eigenvalue weighted by molar-refractivity contribution is -0.155. The summed E-state index contributed by atoms with van der Waals surface area (Å²) in [6.45, 7) is 2.66. The molecule has 0 aliphatic heterocycles. The van der Waals surface area contributed by atoms with Crippen molar-refractivity contribution in [2.24, 2.45) is 16.8 Å². The van der Waals surface area contributed by atoms with Crippen molar-refractivity contribution < 1.29 is 38.1 Å². The van der Waals surface area contributed by atoms with Crippen LogP contribution in [0.15, 0.2) is 102 Å². The van der Waals surface area contributed by atoms with Gasteiger partial charge in [-0.05, 0) is 124 Å². The summed E-state index contributed by atoms with van der Waals surface area (Å²) in [4.78, 5) is 58.2. The molecule has 0 aromatic heterocycles. The lowest BCUT2D eigenvalue weighted by Gasteiger charge is -2.35. The molecule has 0 amide bonds. The number of rotatable bonds is 27. The first-order chi connectivity index (χ1) is 33.3. The maximum atomic E-state index is 13.8. The number of ketones is 2. The number of ether oxygens (including phenoxy) is 4. The Morgan fingerprint density at radius 2 is 0.914 bits per heavy atom. The second kappa shape index (κ2) is 25.4. The Morgan fingerprint density at radius 3 is 1.31 bits per heavy atom. The third kappa shape index (κ3) is 14.1. The molecule has 20 heteroatoms. The molecule has 4 aromatic carbocycles. The number of hydrogen-bond acceptors (Lipinski definition) is 18. The summed E-state index contributed by atoms with van der Waals surface area (Å²) in [7, 11) is 0. The molecule has 9 N–H and O–H groups in total. The van der Waals surface area contributed by atoms with E-state index in [1.54, 1.807) is 48.5 Å². The van der Waals surface area contributed by atoms with Crippen molar-refractivity contribution in [2.45, 2.75) is 57.2 Å². The molecule has 0 spiro atoms. The third-order valence-electron chi connectivity index (χ3n) is 10.9. The second-order valence-corrected chi connectivity index (χ2v) is 16.6. The monoisotopic (exact) mass is 988 g/mol. The number of unbranched alkanes of at least 4 members (excludes halogenated alkanes) is 3. The molecule has 4 aromatic rings. The van der Waals surface area contributed by atoms with Crippen LogP contribution in [0.2, 0.25) is 10.0 Å². The van der Waals surface area contributed by atoms with E-state index in [-0.39, 0.29) is 53.0 Å². The topological polar surface area (TPSA) is 332 Å². The van der Waals surface area contributed by atoms with Crippen molar-refractivity contribution in [3.05, 3.63) is 129 Å². The van der Waals surface area contributed by atoms with E-state index in [9.17, 15) is 19.2 Å². The highest BCUT2D eigenvalue weighted by Gasteiger charge is 2.50. The lowest BCUT2D eigenvalue weighted by Crippen LogP contribution is -2.56. The number of benzene rings is 4. The van der Waals surface area contributed by atoms with Gasteiger partial charge in [-0.25, -0.2) is 9.59 Å². The molecule has 4 unspecified atom stereocenters. The van der Waals surface area contributed by atoms with Gasteiger partial charge in [0.25, 0.3) is 0 Å². The van der Waals surface area contributed by atoms with E-state index in [0.717, 1.165) is 12.4 Å². The van der Waals surface area contributed by atoms with Crippen molar-refractivity contribution in [3.63, 3.8) is 0 Å². The minimum Gasteiger partial charge on any atom is -0.475 e. The fourth-order valence-electron chi connectivity index (χ4n) is 7.20. The van der Waals surface area contributed by atoms with Crippen LogP contribution >= 0.6 is 23.2 Å². The van der Waals surface area contributed by atoms with Crippen molar-refractivity contribution >= 4 is 107 Å². The third-order valence-corrected chi connectivity index (χ3v) is 11.4. The van der Waals surface area contributed by atoms with Crippen LogP contribution in [0, 0.1) is 60.5 Å². The van der Waals surface area contributed by atoms with Gasteiger partial charge in [0.05, 0.1) is 41.4 Å². The quantitative estimate of drug-likeness (QED) is 0.00908. The standard InChI is InChI=1S/C50H50Cl2N10O8/c1-49(47(65)67-42(60)28-56,69-36-20-12-32(13-21-36)45(63)30-8-16-34(51)17-9-30)38(39(58)25-53)7-5-3-4-6-24-62-41(27-55)44(40(59)26-54)50(2,48(66)68-43(61)29-57)70-37-22-14-33(15-23-37)46(64)31-10-18-35(52)19-11-31/h8-23,25-29,38,44,53-61H,3-7,24H2,1-2H3. The van der Waals surface area contributed by atoms with Crippen LogP contribution in [0.4, 0.5) is 0 Å². The highest BCUT2D eigenvalue weighted by Crippen LogP contribution is 2.33. The number of halogens is 2.